The van der Waals surface area contributed by atoms with E-state index < -0.39 is 0 Å². The molecule has 2 heterocycles. The second-order valence-corrected chi connectivity index (χ2v) is 5.43. The van der Waals surface area contributed by atoms with Crippen LogP contribution < -0.4 is 5.32 Å². The second-order valence-electron chi connectivity index (χ2n) is 5.07. The van der Waals surface area contributed by atoms with Gasteiger partial charge in [-0.25, -0.2) is 0 Å². The summed E-state index contributed by atoms with van der Waals surface area (Å²) in [4.78, 5) is 0. The van der Waals surface area contributed by atoms with Gasteiger partial charge in [0.05, 0.1) is 18.4 Å². The van der Waals surface area contributed by atoms with Crippen molar-refractivity contribution in [1.29, 1.82) is 0 Å². The van der Waals surface area contributed by atoms with Crippen molar-refractivity contribution in [3.63, 3.8) is 0 Å². The molecule has 2 rings (SSSR count). The van der Waals surface area contributed by atoms with E-state index in [1.165, 1.54) is 11.3 Å². The van der Waals surface area contributed by atoms with Gasteiger partial charge in [0.15, 0.2) is 0 Å². The Kier molecular flexibility index (Phi) is 4.83. The van der Waals surface area contributed by atoms with Crippen molar-refractivity contribution in [2.24, 2.45) is 7.05 Å². The lowest BCUT2D eigenvalue weighted by atomic mass is 10.2. The maximum atomic E-state index is 6.27. The van der Waals surface area contributed by atoms with Crippen molar-refractivity contribution in [1.82, 2.24) is 24.9 Å². The summed E-state index contributed by atoms with van der Waals surface area (Å²) in [5, 5.41) is 12.9. The van der Waals surface area contributed by atoms with Gasteiger partial charge < -0.3 is 5.32 Å². The molecule has 0 atom stereocenters. The molecule has 0 saturated carbocycles. The number of halogens is 1. The van der Waals surface area contributed by atoms with E-state index in [2.05, 4.69) is 29.4 Å². The summed E-state index contributed by atoms with van der Waals surface area (Å²) in [6.45, 7) is 8.78. The van der Waals surface area contributed by atoms with Crippen LogP contribution in [0.4, 0.5) is 0 Å². The average Bonchev–Trinajstić information content (AvgIpc) is 2.87. The Morgan fingerprint density at radius 2 is 2.10 bits per heavy atom. The maximum absolute atomic E-state index is 6.27. The molecule has 1 N–H and O–H groups in total. The highest BCUT2D eigenvalue weighted by atomic mass is 35.5. The van der Waals surface area contributed by atoms with Crippen molar-refractivity contribution in [3.8, 4) is 0 Å². The highest BCUT2D eigenvalue weighted by Gasteiger charge is 2.14. The summed E-state index contributed by atoms with van der Waals surface area (Å²) in [6, 6.07) is 0. The molecule has 0 amide bonds. The number of aromatic nitrogens is 4. The van der Waals surface area contributed by atoms with Crippen LogP contribution in [0.15, 0.2) is 6.20 Å². The first kappa shape index (κ1) is 15.1. The van der Waals surface area contributed by atoms with Crippen molar-refractivity contribution >= 4 is 11.6 Å². The van der Waals surface area contributed by atoms with Gasteiger partial charge in [0.25, 0.3) is 0 Å². The molecule has 2 aromatic heterocycles. The Labute approximate surface area is 124 Å². The number of rotatable bonds is 6. The minimum Gasteiger partial charge on any atom is -0.313 e. The lowest BCUT2D eigenvalue weighted by Crippen LogP contribution is -2.14. The highest BCUT2D eigenvalue weighted by molar-refractivity contribution is 6.30. The van der Waals surface area contributed by atoms with Crippen molar-refractivity contribution in [2.45, 2.75) is 40.3 Å². The molecule has 110 valence electrons. The quantitative estimate of drug-likeness (QED) is 0.833. The Balaban J connectivity index is 2.14. The van der Waals surface area contributed by atoms with Gasteiger partial charge >= 0.3 is 0 Å². The van der Waals surface area contributed by atoms with Crippen LogP contribution in [0.5, 0.6) is 0 Å². The van der Waals surface area contributed by atoms with E-state index in [1.807, 2.05) is 24.9 Å². The third-order valence-corrected chi connectivity index (χ3v) is 4.00. The van der Waals surface area contributed by atoms with E-state index in [0.29, 0.717) is 11.7 Å². The molecule has 0 aromatic carbocycles. The van der Waals surface area contributed by atoms with Crippen molar-refractivity contribution < 1.29 is 0 Å². The lowest BCUT2D eigenvalue weighted by molar-refractivity contribution is 0.650. The SMILES string of the molecule is CCCNCc1cnn(Cc2c(C)nn(C)c2Cl)c1C. The van der Waals surface area contributed by atoms with E-state index in [9.17, 15) is 0 Å². The summed E-state index contributed by atoms with van der Waals surface area (Å²) in [5.41, 5.74) is 4.40. The van der Waals surface area contributed by atoms with Gasteiger partial charge in [-0.1, -0.05) is 18.5 Å². The molecule has 0 unspecified atom stereocenters. The molecular weight excluding hydrogens is 274 g/mol. The lowest BCUT2D eigenvalue weighted by Gasteiger charge is -2.06. The number of nitrogens with one attached hydrogen (secondary N) is 1. The molecule has 6 heteroatoms. The molecule has 5 nitrogen and oxygen atoms in total. The van der Waals surface area contributed by atoms with E-state index in [4.69, 9.17) is 11.6 Å². The minimum absolute atomic E-state index is 0.665. The molecule has 0 spiro atoms. The second kappa shape index (κ2) is 6.41. The Morgan fingerprint density at radius 3 is 2.70 bits per heavy atom. The van der Waals surface area contributed by atoms with Crippen molar-refractivity contribution in [3.05, 3.63) is 33.9 Å². The normalized spacial score (nSPS) is 11.2. The van der Waals surface area contributed by atoms with E-state index in [1.54, 1.807) is 4.68 Å². The minimum atomic E-state index is 0.665. The van der Waals surface area contributed by atoms with Crippen LogP contribution in [-0.2, 0) is 20.1 Å². The topological polar surface area (TPSA) is 47.7 Å². The molecule has 20 heavy (non-hydrogen) atoms. The zero-order valence-electron chi connectivity index (χ0n) is 12.6. The Morgan fingerprint density at radius 1 is 1.35 bits per heavy atom. The number of hydrogen-bond acceptors (Lipinski definition) is 3. The van der Waals surface area contributed by atoms with Crippen LogP contribution in [0.25, 0.3) is 0 Å². The summed E-state index contributed by atoms with van der Waals surface area (Å²) in [5.74, 6) is 0. The smallest absolute Gasteiger partial charge is 0.132 e. The molecule has 0 aliphatic rings. The summed E-state index contributed by atoms with van der Waals surface area (Å²) in [7, 11) is 1.86. The molecule has 2 aromatic rings. The monoisotopic (exact) mass is 295 g/mol. The van der Waals surface area contributed by atoms with Crippen molar-refractivity contribution in [2.75, 3.05) is 6.54 Å². The highest BCUT2D eigenvalue weighted by Crippen LogP contribution is 2.20. The van der Waals surface area contributed by atoms with Crippen LogP contribution >= 0.6 is 11.6 Å². The van der Waals surface area contributed by atoms with Gasteiger partial charge in [-0.05, 0) is 26.8 Å². The van der Waals surface area contributed by atoms with Gasteiger partial charge in [-0.2, -0.15) is 10.2 Å². The zero-order chi connectivity index (χ0) is 14.7. The Bertz CT molecular complexity index is 585. The molecule has 0 aliphatic heterocycles. The van der Waals surface area contributed by atoms with Crippen LogP contribution in [0, 0.1) is 13.8 Å². The van der Waals surface area contributed by atoms with Gasteiger partial charge in [0.2, 0.25) is 0 Å². The Hall–Kier alpha value is -1.33. The number of nitrogens with zero attached hydrogens (tertiary/aromatic N) is 4. The van der Waals surface area contributed by atoms with Gasteiger partial charge in [0, 0.05) is 30.4 Å². The molecule has 0 bridgehead atoms. The predicted octanol–water partition coefficient (Wildman–Crippen LogP) is 2.43. The average molecular weight is 296 g/mol. The molecule has 0 radical (unpaired) electrons. The van der Waals surface area contributed by atoms with Crippen LogP contribution in [0.2, 0.25) is 5.15 Å². The molecule has 0 fully saturated rings. The largest absolute Gasteiger partial charge is 0.313 e. The van der Waals surface area contributed by atoms with Crippen LogP contribution in [-0.4, -0.2) is 26.1 Å². The standard InChI is InChI=1S/C14H22ClN5/c1-5-6-16-7-12-8-17-20(11(12)3)9-13-10(2)18-19(4)14(13)15/h8,16H,5-7,9H2,1-4H3. The fourth-order valence-electron chi connectivity index (χ4n) is 2.22. The summed E-state index contributed by atoms with van der Waals surface area (Å²) in [6.07, 6.45) is 3.06. The first-order valence-corrected chi connectivity index (χ1v) is 7.32. The predicted molar refractivity (Wildman–Crippen MR) is 81.0 cm³/mol. The first-order chi connectivity index (χ1) is 9.54. The molecular formula is C14H22ClN5. The van der Waals surface area contributed by atoms with Crippen LogP contribution in [0.1, 0.15) is 35.9 Å². The van der Waals surface area contributed by atoms with E-state index in [-0.39, 0.29) is 0 Å². The summed E-state index contributed by atoms with van der Waals surface area (Å²) >= 11 is 6.27. The third-order valence-electron chi connectivity index (χ3n) is 3.52. The van der Waals surface area contributed by atoms with Gasteiger partial charge in [-0.15, -0.1) is 0 Å². The summed E-state index contributed by atoms with van der Waals surface area (Å²) < 4.78 is 3.69. The fraction of sp³-hybridized carbons (Fsp3) is 0.571. The zero-order valence-corrected chi connectivity index (χ0v) is 13.3. The van der Waals surface area contributed by atoms with Gasteiger partial charge in [0.1, 0.15) is 5.15 Å². The van der Waals surface area contributed by atoms with E-state index >= 15 is 0 Å². The molecule has 0 saturated heterocycles. The number of hydrogen-bond donors (Lipinski definition) is 1. The first-order valence-electron chi connectivity index (χ1n) is 6.94. The number of aryl methyl sites for hydroxylation is 2. The van der Waals surface area contributed by atoms with Crippen LogP contribution in [0.3, 0.4) is 0 Å². The fourth-order valence-corrected chi connectivity index (χ4v) is 2.46. The van der Waals surface area contributed by atoms with Gasteiger partial charge in [-0.3, -0.25) is 9.36 Å². The third kappa shape index (κ3) is 3.04. The van der Waals surface area contributed by atoms with E-state index in [0.717, 1.165) is 30.8 Å². The molecule has 0 aliphatic carbocycles. The maximum Gasteiger partial charge on any atom is 0.132 e.